The van der Waals surface area contributed by atoms with E-state index in [1.165, 1.54) is 19.4 Å². The number of anilines is 1. The van der Waals surface area contributed by atoms with Crippen molar-refractivity contribution in [2.45, 2.75) is 0 Å². The van der Waals surface area contributed by atoms with Gasteiger partial charge in [0.1, 0.15) is 0 Å². The normalized spacial score (nSPS) is 20.3. The van der Waals surface area contributed by atoms with Crippen LogP contribution in [0.2, 0.25) is 0 Å². The molecular formula is C10H15N3O4S. The van der Waals surface area contributed by atoms with Crippen molar-refractivity contribution >= 4 is 22.5 Å². The molecule has 0 aliphatic carbocycles. The molecule has 0 spiro atoms. The van der Waals surface area contributed by atoms with Crippen molar-refractivity contribution in [2.75, 3.05) is 36.6 Å². The molecule has 0 amide bonds. The molecular weight excluding hydrogens is 258 g/mol. The number of carbonyl (C=O) groups excluding carboxylic acids is 1. The summed E-state index contributed by atoms with van der Waals surface area (Å²) in [7, 11) is -1.15. The molecule has 0 atom stereocenters. The Morgan fingerprint density at radius 1 is 1.44 bits per heavy atom. The topological polar surface area (TPSA) is 95.8 Å². The molecule has 1 saturated heterocycles. The summed E-state index contributed by atoms with van der Waals surface area (Å²) in [6, 6.07) is 1.48. The zero-order valence-corrected chi connectivity index (χ0v) is 10.8. The van der Waals surface area contributed by atoms with Gasteiger partial charge in [-0.05, 0) is 6.07 Å². The molecule has 7 nitrogen and oxygen atoms in total. The maximum Gasteiger partial charge on any atom is 0.356 e. The van der Waals surface area contributed by atoms with E-state index in [1.807, 2.05) is 4.90 Å². The maximum atomic E-state index is 11.3. The molecule has 2 heterocycles. The number of esters is 1. The lowest BCUT2D eigenvalue weighted by Crippen LogP contribution is -2.39. The summed E-state index contributed by atoms with van der Waals surface area (Å²) in [5.41, 5.74) is 0.194. The van der Waals surface area contributed by atoms with Gasteiger partial charge in [0.25, 0.3) is 0 Å². The van der Waals surface area contributed by atoms with Crippen LogP contribution in [0.4, 0.5) is 5.95 Å². The van der Waals surface area contributed by atoms with E-state index in [-0.39, 0.29) is 5.69 Å². The van der Waals surface area contributed by atoms with Crippen LogP contribution >= 0.6 is 10.6 Å². The Morgan fingerprint density at radius 3 is 2.72 bits per heavy atom. The van der Waals surface area contributed by atoms with Crippen LogP contribution in [0.1, 0.15) is 10.5 Å². The molecule has 0 radical (unpaired) electrons. The van der Waals surface area contributed by atoms with Crippen LogP contribution in [0, 0.1) is 0 Å². The van der Waals surface area contributed by atoms with Gasteiger partial charge in [-0.15, -0.1) is 0 Å². The molecule has 18 heavy (non-hydrogen) atoms. The average molecular weight is 273 g/mol. The third-order valence-electron chi connectivity index (χ3n) is 2.70. The first-order valence-corrected chi connectivity index (χ1v) is 7.30. The van der Waals surface area contributed by atoms with E-state index in [1.54, 1.807) is 0 Å². The van der Waals surface area contributed by atoms with E-state index in [2.05, 4.69) is 14.7 Å². The Bertz CT molecular complexity index is 445. The standard InChI is InChI=1S/C10H15N3O4S/c1-17-9(14)8-2-3-11-10(12-8)13-4-6-18(15,16)7-5-13/h2-3,15-16H,4-7H2,1H3. The molecule has 1 aliphatic rings. The monoisotopic (exact) mass is 273 g/mol. The van der Waals surface area contributed by atoms with E-state index >= 15 is 0 Å². The van der Waals surface area contributed by atoms with Crippen molar-refractivity contribution in [3.8, 4) is 0 Å². The minimum atomic E-state index is -2.44. The number of carbonyl (C=O) groups is 1. The van der Waals surface area contributed by atoms with Gasteiger partial charge >= 0.3 is 5.97 Å². The lowest BCUT2D eigenvalue weighted by atomic mass is 10.4. The zero-order chi connectivity index (χ0) is 13.2. The summed E-state index contributed by atoms with van der Waals surface area (Å²) in [4.78, 5) is 21.3. The number of hydrogen-bond donors (Lipinski definition) is 2. The van der Waals surface area contributed by atoms with E-state index in [0.717, 1.165) is 0 Å². The summed E-state index contributed by atoms with van der Waals surface area (Å²) in [5, 5.41) is 0. The van der Waals surface area contributed by atoms with Crippen molar-refractivity contribution in [3.05, 3.63) is 18.0 Å². The molecule has 0 unspecified atom stereocenters. The Kier molecular flexibility index (Phi) is 3.69. The molecule has 1 fully saturated rings. The van der Waals surface area contributed by atoms with Crippen LogP contribution in [0.5, 0.6) is 0 Å². The van der Waals surface area contributed by atoms with Crippen LogP contribution in [0.25, 0.3) is 0 Å². The lowest BCUT2D eigenvalue weighted by Gasteiger charge is -2.40. The largest absolute Gasteiger partial charge is 0.464 e. The van der Waals surface area contributed by atoms with Gasteiger partial charge in [0, 0.05) is 19.3 Å². The van der Waals surface area contributed by atoms with Gasteiger partial charge in [-0.2, -0.15) is 10.6 Å². The minimum absolute atomic E-state index is 0.194. The molecule has 2 rings (SSSR count). The molecule has 2 N–H and O–H groups in total. The highest BCUT2D eigenvalue weighted by Gasteiger charge is 2.24. The van der Waals surface area contributed by atoms with Gasteiger partial charge in [0.15, 0.2) is 5.69 Å². The Morgan fingerprint density at radius 2 is 2.11 bits per heavy atom. The van der Waals surface area contributed by atoms with Crippen molar-refractivity contribution in [1.82, 2.24) is 9.97 Å². The highest BCUT2D eigenvalue weighted by atomic mass is 32.3. The highest BCUT2D eigenvalue weighted by molar-refractivity contribution is 8.24. The smallest absolute Gasteiger partial charge is 0.356 e. The molecule has 1 aromatic heterocycles. The van der Waals surface area contributed by atoms with Crippen LogP contribution in [0.15, 0.2) is 12.3 Å². The molecule has 1 aromatic rings. The number of aromatic nitrogens is 2. The van der Waals surface area contributed by atoms with Crippen LogP contribution < -0.4 is 4.90 Å². The molecule has 8 heteroatoms. The Labute approximate surface area is 106 Å². The summed E-state index contributed by atoms with van der Waals surface area (Å²) in [6.45, 7) is 0.930. The summed E-state index contributed by atoms with van der Waals surface area (Å²) in [6.07, 6.45) is 1.49. The van der Waals surface area contributed by atoms with Gasteiger partial charge in [-0.25, -0.2) is 14.8 Å². The Balaban J connectivity index is 2.12. The third-order valence-corrected chi connectivity index (χ3v) is 4.37. The second-order valence-electron chi connectivity index (χ2n) is 3.93. The molecule has 0 aromatic carbocycles. The van der Waals surface area contributed by atoms with Gasteiger partial charge in [-0.3, -0.25) is 9.11 Å². The number of methoxy groups -OCH3 is 1. The number of nitrogens with zero attached hydrogens (tertiary/aromatic N) is 3. The first-order chi connectivity index (χ1) is 8.52. The van der Waals surface area contributed by atoms with Crippen molar-refractivity contribution in [3.63, 3.8) is 0 Å². The second kappa shape index (κ2) is 5.09. The number of ether oxygens (including phenoxy) is 1. The summed E-state index contributed by atoms with van der Waals surface area (Å²) >= 11 is 0. The van der Waals surface area contributed by atoms with Crippen LogP contribution in [0.3, 0.4) is 0 Å². The first-order valence-electron chi connectivity index (χ1n) is 5.42. The minimum Gasteiger partial charge on any atom is -0.464 e. The first kappa shape index (κ1) is 13.1. The quantitative estimate of drug-likeness (QED) is 0.770. The van der Waals surface area contributed by atoms with Crippen molar-refractivity contribution < 1.29 is 18.6 Å². The van der Waals surface area contributed by atoms with Gasteiger partial charge < -0.3 is 9.64 Å². The maximum absolute atomic E-state index is 11.3. The number of hydrogen-bond acceptors (Lipinski definition) is 7. The fraction of sp³-hybridized carbons (Fsp3) is 0.500. The van der Waals surface area contributed by atoms with Gasteiger partial charge in [0.2, 0.25) is 5.95 Å². The number of rotatable bonds is 2. The van der Waals surface area contributed by atoms with Crippen molar-refractivity contribution in [1.29, 1.82) is 0 Å². The van der Waals surface area contributed by atoms with E-state index in [0.29, 0.717) is 30.5 Å². The van der Waals surface area contributed by atoms with Crippen LogP contribution in [-0.2, 0) is 4.74 Å². The third kappa shape index (κ3) is 2.89. The fourth-order valence-corrected chi connectivity index (χ4v) is 2.88. The highest BCUT2D eigenvalue weighted by Crippen LogP contribution is 2.40. The SMILES string of the molecule is COC(=O)c1ccnc(N2CCS(O)(O)CC2)n1. The van der Waals surface area contributed by atoms with Crippen LogP contribution in [-0.4, -0.2) is 56.7 Å². The zero-order valence-electron chi connectivity index (χ0n) is 9.94. The Hall–Kier alpha value is -1.38. The molecule has 100 valence electrons. The average Bonchev–Trinajstić information content (AvgIpc) is 2.38. The predicted octanol–water partition coefficient (Wildman–Crippen LogP) is 0.834. The van der Waals surface area contributed by atoms with Crippen molar-refractivity contribution in [2.24, 2.45) is 0 Å². The van der Waals surface area contributed by atoms with E-state index in [4.69, 9.17) is 0 Å². The second-order valence-corrected chi connectivity index (χ2v) is 6.35. The fourth-order valence-electron chi connectivity index (χ4n) is 1.65. The molecule has 0 saturated carbocycles. The van der Waals surface area contributed by atoms with Gasteiger partial charge in [0.05, 0.1) is 18.6 Å². The summed E-state index contributed by atoms with van der Waals surface area (Å²) < 4.78 is 23.6. The van der Waals surface area contributed by atoms with Gasteiger partial charge in [-0.1, -0.05) is 0 Å². The van der Waals surface area contributed by atoms with E-state index in [9.17, 15) is 13.9 Å². The molecule has 1 aliphatic heterocycles. The summed E-state index contributed by atoms with van der Waals surface area (Å²) in [5.74, 6) is 0.505. The molecule has 0 bridgehead atoms. The van der Waals surface area contributed by atoms with E-state index < -0.39 is 16.6 Å². The lowest BCUT2D eigenvalue weighted by molar-refractivity contribution is 0.0594. The predicted molar refractivity (Wildman–Crippen MR) is 68.2 cm³/mol.